The lowest BCUT2D eigenvalue weighted by Gasteiger charge is -2.28. The zero-order valence-electron chi connectivity index (χ0n) is 15.4. The van der Waals surface area contributed by atoms with Gasteiger partial charge < -0.3 is 20.6 Å². The highest BCUT2D eigenvalue weighted by Crippen LogP contribution is 2.46. The second-order valence-corrected chi connectivity index (χ2v) is 7.92. The predicted octanol–water partition coefficient (Wildman–Crippen LogP) is 2.97. The summed E-state index contributed by atoms with van der Waals surface area (Å²) in [6.45, 7) is 3.69. The van der Waals surface area contributed by atoms with Crippen LogP contribution in [0.2, 0.25) is 5.02 Å². The molecule has 9 heteroatoms. The van der Waals surface area contributed by atoms with Crippen molar-refractivity contribution in [1.29, 1.82) is 0 Å². The standard InChI is InChI=1S/C19H19ClN6O2/c1-7-12(8(2)28-26-7)18-24-16-15(11(20)6-22-19(16)25-18)23-14-10-4-3-9(5-10)13(14)17(21)27/h3-4,6,9-10,13-14H,5H2,1-2H3,(H2,21,27)(H2,22,23,24,25)/t9-,10+,13+,14-/m1/s1. The molecule has 144 valence electrons. The average molecular weight is 399 g/mol. The van der Waals surface area contributed by atoms with E-state index in [0.717, 1.165) is 17.7 Å². The van der Waals surface area contributed by atoms with Gasteiger partial charge in [-0.3, -0.25) is 4.79 Å². The first-order valence-corrected chi connectivity index (χ1v) is 9.53. The van der Waals surface area contributed by atoms with Gasteiger partial charge >= 0.3 is 0 Å². The quantitative estimate of drug-likeness (QED) is 0.580. The van der Waals surface area contributed by atoms with E-state index < -0.39 is 0 Å². The SMILES string of the molecule is Cc1noc(C)c1-c1nc2ncc(Cl)c(N[C@H]3[C@@H](C(N)=O)[C@@H]4C=C[C@H]3C4)c2[nH]1. The Morgan fingerprint density at radius 3 is 2.86 bits per heavy atom. The van der Waals surface area contributed by atoms with Gasteiger partial charge in [0.05, 0.1) is 34.1 Å². The van der Waals surface area contributed by atoms with E-state index in [9.17, 15) is 4.79 Å². The molecule has 2 aliphatic carbocycles. The molecule has 4 N–H and O–H groups in total. The second-order valence-electron chi connectivity index (χ2n) is 7.51. The van der Waals surface area contributed by atoms with E-state index in [4.69, 9.17) is 21.9 Å². The molecule has 5 rings (SSSR count). The van der Waals surface area contributed by atoms with E-state index in [1.165, 1.54) is 0 Å². The zero-order valence-corrected chi connectivity index (χ0v) is 16.1. The van der Waals surface area contributed by atoms with Crippen LogP contribution >= 0.6 is 11.6 Å². The number of amides is 1. The minimum atomic E-state index is -0.295. The lowest BCUT2D eigenvalue weighted by molar-refractivity contribution is -0.122. The maximum Gasteiger partial charge on any atom is 0.223 e. The van der Waals surface area contributed by atoms with Gasteiger partial charge in [0.25, 0.3) is 0 Å². The van der Waals surface area contributed by atoms with Gasteiger partial charge in [0.2, 0.25) is 5.91 Å². The summed E-state index contributed by atoms with van der Waals surface area (Å²) in [7, 11) is 0. The van der Waals surface area contributed by atoms with E-state index in [0.29, 0.717) is 33.5 Å². The number of fused-ring (bicyclic) bond motifs is 3. The Hall–Kier alpha value is -2.87. The van der Waals surface area contributed by atoms with Crippen molar-refractivity contribution in [3.63, 3.8) is 0 Å². The molecule has 28 heavy (non-hydrogen) atoms. The van der Waals surface area contributed by atoms with E-state index in [2.05, 4.69) is 37.6 Å². The molecule has 4 atom stereocenters. The Morgan fingerprint density at radius 1 is 1.36 bits per heavy atom. The first kappa shape index (κ1) is 17.2. The van der Waals surface area contributed by atoms with Crippen LogP contribution < -0.4 is 11.1 Å². The molecule has 2 aliphatic rings. The van der Waals surface area contributed by atoms with Gasteiger partial charge in [0.1, 0.15) is 17.1 Å². The maximum absolute atomic E-state index is 12.0. The largest absolute Gasteiger partial charge is 0.378 e. The molecule has 1 fully saturated rings. The number of rotatable bonds is 4. The van der Waals surface area contributed by atoms with Crippen molar-refractivity contribution in [3.8, 4) is 11.4 Å². The number of carbonyl (C=O) groups is 1. The van der Waals surface area contributed by atoms with E-state index in [-0.39, 0.29) is 29.7 Å². The van der Waals surface area contributed by atoms with Crippen LogP contribution in [-0.4, -0.2) is 32.1 Å². The van der Waals surface area contributed by atoms with Gasteiger partial charge in [0.15, 0.2) is 5.65 Å². The molecule has 1 amide bonds. The molecular weight excluding hydrogens is 380 g/mol. The molecule has 0 unspecified atom stereocenters. The van der Waals surface area contributed by atoms with Crippen LogP contribution in [0.5, 0.6) is 0 Å². The normalized spacial score (nSPS) is 25.7. The number of nitrogens with two attached hydrogens (primary N) is 1. The number of primary amides is 1. The Morgan fingerprint density at radius 2 is 2.14 bits per heavy atom. The Labute approximate surface area is 165 Å². The topological polar surface area (TPSA) is 123 Å². The number of pyridine rings is 1. The van der Waals surface area contributed by atoms with E-state index in [1.54, 1.807) is 6.20 Å². The third-order valence-corrected chi connectivity index (χ3v) is 6.13. The lowest BCUT2D eigenvalue weighted by atomic mass is 9.88. The number of allylic oxidation sites excluding steroid dienone is 1. The molecule has 2 bridgehead atoms. The van der Waals surface area contributed by atoms with Crippen molar-refractivity contribution in [1.82, 2.24) is 20.1 Å². The fraction of sp³-hybridized carbons (Fsp3) is 0.368. The molecule has 3 aromatic rings. The highest BCUT2D eigenvalue weighted by Gasteiger charge is 2.47. The fourth-order valence-electron chi connectivity index (χ4n) is 4.59. The smallest absolute Gasteiger partial charge is 0.223 e. The summed E-state index contributed by atoms with van der Waals surface area (Å²) in [6, 6.07) is -0.110. The average Bonchev–Trinajstić information content (AvgIpc) is 3.40. The van der Waals surface area contributed by atoms with Gasteiger partial charge in [-0.25, -0.2) is 9.97 Å². The van der Waals surface area contributed by atoms with Crippen LogP contribution in [0.3, 0.4) is 0 Å². The highest BCUT2D eigenvalue weighted by atomic mass is 35.5. The van der Waals surface area contributed by atoms with E-state index in [1.807, 2.05) is 13.8 Å². The van der Waals surface area contributed by atoms with Gasteiger partial charge in [0, 0.05) is 6.04 Å². The summed E-state index contributed by atoms with van der Waals surface area (Å²) >= 11 is 6.47. The van der Waals surface area contributed by atoms with Crippen LogP contribution in [0.4, 0.5) is 5.69 Å². The maximum atomic E-state index is 12.0. The van der Waals surface area contributed by atoms with Crippen molar-refractivity contribution in [2.75, 3.05) is 5.32 Å². The summed E-state index contributed by atoms with van der Waals surface area (Å²) < 4.78 is 5.25. The summed E-state index contributed by atoms with van der Waals surface area (Å²) in [5.41, 5.74) is 9.11. The lowest BCUT2D eigenvalue weighted by Crippen LogP contribution is -2.41. The van der Waals surface area contributed by atoms with Crippen molar-refractivity contribution < 1.29 is 9.32 Å². The molecule has 8 nitrogen and oxygen atoms in total. The van der Waals surface area contributed by atoms with E-state index >= 15 is 0 Å². The molecular formula is C19H19ClN6O2. The first-order valence-electron chi connectivity index (χ1n) is 9.15. The number of H-pyrrole nitrogens is 1. The number of carbonyl (C=O) groups excluding carboxylic acids is 1. The summed E-state index contributed by atoms with van der Waals surface area (Å²) in [6.07, 6.45) is 6.72. The number of imidazole rings is 1. The monoisotopic (exact) mass is 398 g/mol. The minimum Gasteiger partial charge on any atom is -0.378 e. The number of nitrogens with zero attached hydrogens (tertiary/aromatic N) is 3. The molecule has 3 heterocycles. The fourth-order valence-corrected chi connectivity index (χ4v) is 4.79. The Bertz CT molecular complexity index is 1110. The number of anilines is 1. The Balaban J connectivity index is 1.59. The Kier molecular flexibility index (Phi) is 3.74. The third-order valence-electron chi connectivity index (χ3n) is 5.84. The van der Waals surface area contributed by atoms with Crippen LogP contribution in [0, 0.1) is 31.6 Å². The third kappa shape index (κ3) is 2.44. The van der Waals surface area contributed by atoms with Crippen molar-refractivity contribution in [2.45, 2.75) is 26.3 Å². The van der Waals surface area contributed by atoms with Gasteiger partial charge in [-0.2, -0.15) is 0 Å². The van der Waals surface area contributed by atoms with Crippen LogP contribution in [0.25, 0.3) is 22.6 Å². The van der Waals surface area contributed by atoms with Gasteiger partial charge in [-0.05, 0) is 32.1 Å². The zero-order chi connectivity index (χ0) is 19.6. The number of halogens is 1. The van der Waals surface area contributed by atoms with Crippen molar-refractivity contribution in [2.24, 2.45) is 23.5 Å². The number of aryl methyl sites for hydroxylation is 2. The van der Waals surface area contributed by atoms with Crippen LogP contribution in [0.1, 0.15) is 17.9 Å². The van der Waals surface area contributed by atoms with Gasteiger partial charge in [-0.1, -0.05) is 28.9 Å². The molecule has 1 saturated carbocycles. The first-order chi connectivity index (χ1) is 13.4. The van der Waals surface area contributed by atoms with Gasteiger partial charge in [-0.15, -0.1) is 0 Å². The van der Waals surface area contributed by atoms with Crippen LogP contribution in [-0.2, 0) is 4.79 Å². The number of hydrogen-bond acceptors (Lipinski definition) is 6. The molecule has 0 aliphatic heterocycles. The highest BCUT2D eigenvalue weighted by molar-refractivity contribution is 6.34. The molecule has 0 spiro atoms. The van der Waals surface area contributed by atoms with Crippen molar-refractivity contribution in [3.05, 3.63) is 34.8 Å². The molecule has 3 aromatic heterocycles. The minimum absolute atomic E-state index is 0.110. The summed E-state index contributed by atoms with van der Waals surface area (Å²) in [5, 5.41) is 7.91. The number of aromatic amines is 1. The molecule has 0 aromatic carbocycles. The summed E-state index contributed by atoms with van der Waals surface area (Å²) in [4.78, 5) is 24.3. The number of nitrogens with one attached hydrogen (secondary N) is 2. The summed E-state index contributed by atoms with van der Waals surface area (Å²) in [5.74, 6) is 1.14. The van der Waals surface area contributed by atoms with Crippen LogP contribution in [0.15, 0.2) is 22.9 Å². The van der Waals surface area contributed by atoms with Crippen molar-refractivity contribution >= 4 is 34.4 Å². The number of aromatic nitrogens is 4. The second kappa shape index (κ2) is 6.07. The molecule has 0 saturated heterocycles. The predicted molar refractivity (Wildman–Crippen MR) is 105 cm³/mol. The molecule has 0 radical (unpaired) electrons. The number of hydrogen-bond donors (Lipinski definition) is 3.